The molecule has 1 fully saturated rings. The van der Waals surface area contributed by atoms with Crippen LogP contribution in [-0.4, -0.2) is 22.6 Å². The summed E-state index contributed by atoms with van der Waals surface area (Å²) < 4.78 is 6.31. The summed E-state index contributed by atoms with van der Waals surface area (Å²) >= 11 is 7.37. The van der Waals surface area contributed by atoms with Crippen LogP contribution < -0.4 is 9.64 Å². The number of fused-ring (bicyclic) bond motifs is 4. The molecule has 1 saturated heterocycles. The molecule has 3 heterocycles. The number of ether oxygens (including phenoxy) is 1. The van der Waals surface area contributed by atoms with E-state index in [4.69, 9.17) is 16.3 Å². The van der Waals surface area contributed by atoms with E-state index in [1.807, 2.05) is 42.6 Å². The van der Waals surface area contributed by atoms with Gasteiger partial charge in [-0.05, 0) is 48.7 Å². The third-order valence-electron chi connectivity index (χ3n) is 5.40. The molecule has 7 heteroatoms. The SMILES string of the molecule is C[C@@]12C[C@@H](c3ccccc3O1)N(C(=O)c1cccs1)C(=O)N2c1ccc(Cl)cc1. The van der Waals surface area contributed by atoms with Gasteiger partial charge in [0.1, 0.15) is 5.75 Å². The van der Waals surface area contributed by atoms with Gasteiger partial charge in [0.25, 0.3) is 5.91 Å². The van der Waals surface area contributed by atoms with Crippen molar-refractivity contribution in [2.45, 2.75) is 25.1 Å². The number of carbonyl (C=O) groups is 2. The van der Waals surface area contributed by atoms with Gasteiger partial charge in [0.05, 0.1) is 10.9 Å². The average Bonchev–Trinajstić information content (AvgIpc) is 3.24. The Morgan fingerprint density at radius 1 is 1.14 bits per heavy atom. The minimum atomic E-state index is -0.920. The lowest BCUT2D eigenvalue weighted by Crippen LogP contribution is -2.67. The van der Waals surface area contributed by atoms with Crippen LogP contribution in [0.2, 0.25) is 5.02 Å². The summed E-state index contributed by atoms with van der Waals surface area (Å²) in [5.41, 5.74) is 0.554. The number of imide groups is 1. The lowest BCUT2D eigenvalue weighted by Gasteiger charge is -2.53. The van der Waals surface area contributed by atoms with E-state index in [2.05, 4.69) is 0 Å². The van der Waals surface area contributed by atoms with E-state index in [-0.39, 0.29) is 5.91 Å². The molecule has 0 spiro atoms. The van der Waals surface area contributed by atoms with Gasteiger partial charge in [0, 0.05) is 22.7 Å². The molecule has 0 radical (unpaired) electrons. The van der Waals surface area contributed by atoms with Crippen LogP contribution in [0.15, 0.2) is 66.0 Å². The highest BCUT2D eigenvalue weighted by Crippen LogP contribution is 2.49. The molecule has 2 aliphatic heterocycles. The standard InChI is InChI=1S/C22H17ClN2O3S/c1-22-13-17(16-5-2-3-6-18(16)28-22)24(20(26)19-7-4-12-29-19)21(27)25(22)15-10-8-14(23)9-11-15/h2-12,17H,13H2,1H3/t17-,22-/m0/s1. The zero-order valence-electron chi connectivity index (χ0n) is 15.5. The van der Waals surface area contributed by atoms with Gasteiger partial charge in [-0.3, -0.25) is 14.6 Å². The van der Waals surface area contributed by atoms with Gasteiger partial charge in [-0.2, -0.15) is 0 Å². The molecule has 2 aliphatic rings. The Morgan fingerprint density at radius 3 is 2.62 bits per heavy atom. The second-order valence-electron chi connectivity index (χ2n) is 7.28. The zero-order chi connectivity index (χ0) is 20.2. The summed E-state index contributed by atoms with van der Waals surface area (Å²) in [4.78, 5) is 30.5. The smallest absolute Gasteiger partial charge is 0.335 e. The largest absolute Gasteiger partial charge is 0.467 e. The van der Waals surface area contributed by atoms with Crippen LogP contribution in [0, 0.1) is 0 Å². The van der Waals surface area contributed by atoms with E-state index in [9.17, 15) is 9.59 Å². The number of para-hydroxylation sites is 1. The van der Waals surface area contributed by atoms with E-state index in [1.165, 1.54) is 16.2 Å². The molecule has 146 valence electrons. The fourth-order valence-corrected chi connectivity index (χ4v) is 4.91. The number of benzene rings is 2. The molecule has 0 N–H and O–H groups in total. The van der Waals surface area contributed by atoms with Crippen LogP contribution in [-0.2, 0) is 0 Å². The maximum absolute atomic E-state index is 13.7. The number of nitrogens with zero attached hydrogens (tertiary/aromatic N) is 2. The van der Waals surface area contributed by atoms with Gasteiger partial charge in [-0.15, -0.1) is 11.3 Å². The first-order valence-corrected chi connectivity index (χ1v) is 10.5. The lowest BCUT2D eigenvalue weighted by atomic mass is 9.88. The Morgan fingerprint density at radius 2 is 1.90 bits per heavy atom. The molecule has 0 aliphatic carbocycles. The van der Waals surface area contributed by atoms with Crippen molar-refractivity contribution in [3.05, 3.63) is 81.5 Å². The van der Waals surface area contributed by atoms with Crippen LogP contribution in [0.3, 0.4) is 0 Å². The lowest BCUT2D eigenvalue weighted by molar-refractivity contribution is 0.00284. The monoisotopic (exact) mass is 424 g/mol. The molecular formula is C22H17ClN2O3S. The predicted octanol–water partition coefficient (Wildman–Crippen LogP) is 5.72. The number of amides is 3. The van der Waals surface area contributed by atoms with Crippen LogP contribution >= 0.6 is 22.9 Å². The first kappa shape index (κ1) is 18.2. The Bertz CT molecular complexity index is 1100. The molecule has 2 aromatic carbocycles. The quantitative estimate of drug-likeness (QED) is 0.528. The second-order valence-corrected chi connectivity index (χ2v) is 8.67. The van der Waals surface area contributed by atoms with Crippen molar-refractivity contribution < 1.29 is 14.3 Å². The summed E-state index contributed by atoms with van der Waals surface area (Å²) in [7, 11) is 0. The molecule has 0 saturated carbocycles. The van der Waals surface area contributed by atoms with Crippen LogP contribution in [0.5, 0.6) is 5.75 Å². The summed E-state index contributed by atoms with van der Waals surface area (Å²) in [5, 5.41) is 2.41. The number of hydrogen-bond acceptors (Lipinski definition) is 4. The number of carbonyl (C=O) groups excluding carboxylic acids is 2. The van der Waals surface area contributed by atoms with Crippen LogP contribution in [0.25, 0.3) is 0 Å². The topological polar surface area (TPSA) is 49.9 Å². The number of anilines is 1. The Balaban J connectivity index is 1.68. The van der Waals surface area contributed by atoms with E-state index in [0.717, 1.165) is 5.56 Å². The molecule has 0 unspecified atom stereocenters. The number of urea groups is 1. The van der Waals surface area contributed by atoms with E-state index in [1.54, 1.807) is 35.2 Å². The minimum Gasteiger partial charge on any atom is -0.467 e. The minimum absolute atomic E-state index is 0.298. The molecule has 29 heavy (non-hydrogen) atoms. The summed E-state index contributed by atoms with van der Waals surface area (Å²) in [6.45, 7) is 1.88. The first-order valence-electron chi connectivity index (χ1n) is 9.23. The number of halogens is 1. The van der Waals surface area contributed by atoms with Crippen molar-refractivity contribution in [3.63, 3.8) is 0 Å². The van der Waals surface area contributed by atoms with Crippen molar-refractivity contribution in [2.75, 3.05) is 4.90 Å². The molecule has 5 nitrogen and oxygen atoms in total. The first-order chi connectivity index (χ1) is 14.0. The molecule has 1 aromatic heterocycles. The van der Waals surface area contributed by atoms with Crippen molar-refractivity contribution >= 4 is 40.6 Å². The Kier molecular flexibility index (Phi) is 4.15. The second kappa shape index (κ2) is 6.61. The third kappa shape index (κ3) is 2.82. The van der Waals surface area contributed by atoms with Gasteiger partial charge in [0.15, 0.2) is 5.72 Å². The van der Waals surface area contributed by atoms with Crippen molar-refractivity contribution in [2.24, 2.45) is 0 Å². The fraction of sp³-hybridized carbons (Fsp3) is 0.182. The van der Waals surface area contributed by atoms with Gasteiger partial charge in [-0.25, -0.2) is 4.79 Å². The fourth-order valence-electron chi connectivity index (χ4n) is 4.13. The van der Waals surface area contributed by atoms with Crippen molar-refractivity contribution in [1.82, 2.24) is 4.90 Å². The molecule has 2 atom stereocenters. The highest BCUT2D eigenvalue weighted by molar-refractivity contribution is 7.12. The summed E-state index contributed by atoms with van der Waals surface area (Å²) in [6, 6.07) is 17.3. The molecule has 3 amide bonds. The highest BCUT2D eigenvalue weighted by Gasteiger charge is 2.55. The third-order valence-corrected chi connectivity index (χ3v) is 6.51. The highest BCUT2D eigenvalue weighted by atomic mass is 35.5. The zero-order valence-corrected chi connectivity index (χ0v) is 17.1. The maximum Gasteiger partial charge on any atom is 0.335 e. The van der Waals surface area contributed by atoms with E-state index < -0.39 is 17.8 Å². The molecular weight excluding hydrogens is 408 g/mol. The van der Waals surface area contributed by atoms with E-state index >= 15 is 0 Å². The molecule has 5 rings (SSSR count). The molecule has 3 aromatic rings. The number of rotatable bonds is 2. The summed E-state index contributed by atoms with van der Waals surface area (Å²) in [5.74, 6) is 0.384. The van der Waals surface area contributed by atoms with Crippen LogP contribution in [0.1, 0.15) is 34.6 Å². The van der Waals surface area contributed by atoms with Gasteiger partial charge in [-0.1, -0.05) is 35.9 Å². The maximum atomic E-state index is 13.7. The van der Waals surface area contributed by atoms with Gasteiger partial charge < -0.3 is 4.74 Å². The summed E-state index contributed by atoms with van der Waals surface area (Å²) in [6.07, 6.45) is 0.468. The van der Waals surface area contributed by atoms with Crippen molar-refractivity contribution in [1.29, 1.82) is 0 Å². The number of thiophene rings is 1. The van der Waals surface area contributed by atoms with Crippen LogP contribution in [0.4, 0.5) is 10.5 Å². The Labute approximate surface area is 177 Å². The number of hydrogen-bond donors (Lipinski definition) is 0. The van der Waals surface area contributed by atoms with Gasteiger partial charge >= 0.3 is 6.03 Å². The van der Waals surface area contributed by atoms with E-state index in [0.29, 0.717) is 27.8 Å². The average molecular weight is 425 g/mol. The van der Waals surface area contributed by atoms with Gasteiger partial charge in [0.2, 0.25) is 0 Å². The van der Waals surface area contributed by atoms with Crippen molar-refractivity contribution in [3.8, 4) is 5.75 Å². The predicted molar refractivity (Wildman–Crippen MR) is 113 cm³/mol. The normalized spacial score (nSPS) is 22.8. The Hall–Kier alpha value is -2.83. The molecule has 2 bridgehead atoms.